The Balaban J connectivity index is 1.50. The topological polar surface area (TPSA) is 64.6 Å². The summed E-state index contributed by atoms with van der Waals surface area (Å²) in [4.78, 5) is 23.9. The number of carbonyl (C=O) groups is 2. The number of rotatable bonds is 7. The van der Waals surface area contributed by atoms with E-state index in [-0.39, 0.29) is 30.6 Å². The Hall–Kier alpha value is -2.04. The van der Waals surface area contributed by atoms with Gasteiger partial charge in [-0.3, -0.25) is 4.79 Å². The van der Waals surface area contributed by atoms with Gasteiger partial charge in [0.05, 0.1) is 6.61 Å². The Morgan fingerprint density at radius 1 is 1.12 bits per heavy atom. The molecule has 2 bridgehead atoms. The summed E-state index contributed by atoms with van der Waals surface area (Å²) >= 11 is 0. The maximum Gasteiger partial charge on any atom is 0.407 e. The number of hydrogen-bond acceptors (Lipinski definition) is 4. The van der Waals surface area contributed by atoms with E-state index in [1.54, 1.807) is 0 Å². The number of alkyl carbamates (subject to hydrolysis) is 1. The van der Waals surface area contributed by atoms with Crippen LogP contribution in [0.1, 0.15) is 44.6 Å². The molecule has 5 heteroatoms. The molecule has 2 saturated carbocycles. The van der Waals surface area contributed by atoms with E-state index in [9.17, 15) is 9.59 Å². The van der Waals surface area contributed by atoms with Crippen molar-refractivity contribution in [2.75, 3.05) is 6.61 Å². The number of carbonyl (C=O) groups excluding carboxylic acids is 2. The van der Waals surface area contributed by atoms with Crippen LogP contribution < -0.4 is 5.32 Å². The van der Waals surface area contributed by atoms with Gasteiger partial charge in [-0.2, -0.15) is 0 Å². The van der Waals surface area contributed by atoms with Crippen LogP contribution in [0.25, 0.3) is 0 Å². The number of ether oxygens (including phenoxy) is 2. The summed E-state index contributed by atoms with van der Waals surface area (Å²) in [5.41, 5.74) is 0.968. The predicted octanol–water partition coefficient (Wildman–Crippen LogP) is 3.67. The lowest BCUT2D eigenvalue weighted by molar-refractivity contribution is -0.145. The van der Waals surface area contributed by atoms with Crippen LogP contribution in [0.5, 0.6) is 0 Å². The number of benzene rings is 1. The Morgan fingerprint density at radius 3 is 2.64 bits per heavy atom. The second kappa shape index (κ2) is 8.37. The Kier molecular flexibility index (Phi) is 5.95. The minimum Gasteiger partial charge on any atom is -0.465 e. The third kappa shape index (κ3) is 4.53. The summed E-state index contributed by atoms with van der Waals surface area (Å²) in [5.74, 6) is 1.09. The monoisotopic (exact) mass is 345 g/mol. The number of hydrogen-bond donors (Lipinski definition) is 1. The summed E-state index contributed by atoms with van der Waals surface area (Å²) in [7, 11) is 0. The van der Waals surface area contributed by atoms with Gasteiger partial charge in [-0.25, -0.2) is 4.79 Å². The van der Waals surface area contributed by atoms with E-state index in [1.165, 1.54) is 0 Å². The second-order valence-corrected chi connectivity index (χ2v) is 7.16. The molecule has 1 N–H and O–H groups in total. The van der Waals surface area contributed by atoms with E-state index in [4.69, 9.17) is 9.47 Å². The van der Waals surface area contributed by atoms with Gasteiger partial charge in [0.25, 0.3) is 0 Å². The first kappa shape index (κ1) is 17.8. The molecular weight excluding hydrogens is 318 g/mol. The van der Waals surface area contributed by atoms with Crippen LogP contribution >= 0.6 is 0 Å². The highest BCUT2D eigenvalue weighted by atomic mass is 16.5. The fourth-order valence-corrected chi connectivity index (χ4v) is 4.24. The molecule has 1 aromatic carbocycles. The van der Waals surface area contributed by atoms with E-state index in [2.05, 4.69) is 5.32 Å². The summed E-state index contributed by atoms with van der Waals surface area (Å²) in [6.07, 6.45) is 4.28. The van der Waals surface area contributed by atoms with Crippen LogP contribution in [0.4, 0.5) is 4.79 Å². The third-order valence-corrected chi connectivity index (χ3v) is 5.48. The van der Waals surface area contributed by atoms with Gasteiger partial charge in [0.15, 0.2) is 0 Å². The third-order valence-electron chi connectivity index (χ3n) is 5.48. The molecule has 4 atom stereocenters. The zero-order valence-electron chi connectivity index (χ0n) is 14.8. The first-order chi connectivity index (χ1) is 12.2. The Morgan fingerprint density at radius 2 is 1.88 bits per heavy atom. The van der Waals surface area contributed by atoms with Gasteiger partial charge in [0.1, 0.15) is 6.61 Å². The van der Waals surface area contributed by atoms with E-state index >= 15 is 0 Å². The fraction of sp³-hybridized carbons (Fsp3) is 0.600. The first-order valence-electron chi connectivity index (χ1n) is 9.30. The molecule has 0 saturated heterocycles. The number of fused-ring (bicyclic) bond motifs is 2. The average Bonchev–Trinajstić information content (AvgIpc) is 3.21. The van der Waals surface area contributed by atoms with Crippen LogP contribution in [-0.4, -0.2) is 24.7 Å². The maximum absolute atomic E-state index is 12.2. The molecule has 0 unspecified atom stereocenters. The lowest BCUT2D eigenvalue weighted by Gasteiger charge is -2.31. The molecule has 0 spiro atoms. The number of nitrogens with one attached hydrogen (secondary N) is 1. The largest absolute Gasteiger partial charge is 0.465 e. The van der Waals surface area contributed by atoms with Gasteiger partial charge < -0.3 is 14.8 Å². The van der Waals surface area contributed by atoms with Crippen LogP contribution in [0.15, 0.2) is 30.3 Å². The molecule has 2 fully saturated rings. The molecule has 0 aromatic heterocycles. The van der Waals surface area contributed by atoms with Crippen molar-refractivity contribution in [3.8, 4) is 0 Å². The van der Waals surface area contributed by atoms with E-state index in [1.807, 2.05) is 37.3 Å². The van der Waals surface area contributed by atoms with Crippen molar-refractivity contribution in [2.24, 2.45) is 17.8 Å². The predicted molar refractivity (Wildman–Crippen MR) is 93.7 cm³/mol. The summed E-state index contributed by atoms with van der Waals surface area (Å²) < 4.78 is 10.8. The van der Waals surface area contributed by atoms with Gasteiger partial charge in [0, 0.05) is 18.4 Å². The smallest absolute Gasteiger partial charge is 0.407 e. The summed E-state index contributed by atoms with van der Waals surface area (Å²) in [6, 6.07) is 9.70. The zero-order valence-corrected chi connectivity index (χ0v) is 14.8. The second-order valence-electron chi connectivity index (χ2n) is 7.16. The molecule has 5 nitrogen and oxygen atoms in total. The first-order valence-corrected chi connectivity index (χ1v) is 9.30. The van der Waals surface area contributed by atoms with Gasteiger partial charge in [0.2, 0.25) is 0 Å². The molecule has 136 valence electrons. The molecule has 3 rings (SSSR count). The molecule has 0 radical (unpaired) electrons. The zero-order chi connectivity index (χ0) is 17.6. The van der Waals surface area contributed by atoms with Gasteiger partial charge >= 0.3 is 12.1 Å². The van der Waals surface area contributed by atoms with Crippen molar-refractivity contribution in [2.45, 2.75) is 51.7 Å². The normalized spacial score (nSPS) is 27.1. The van der Waals surface area contributed by atoms with Crippen LogP contribution in [0.2, 0.25) is 0 Å². The maximum atomic E-state index is 12.2. The Bertz CT molecular complexity index is 589. The molecule has 1 amide bonds. The quantitative estimate of drug-likeness (QED) is 0.766. The molecule has 0 heterocycles. The van der Waals surface area contributed by atoms with Crippen LogP contribution in [-0.2, 0) is 20.9 Å². The van der Waals surface area contributed by atoms with Crippen molar-refractivity contribution >= 4 is 12.1 Å². The van der Waals surface area contributed by atoms with Crippen molar-refractivity contribution in [3.63, 3.8) is 0 Å². The van der Waals surface area contributed by atoms with E-state index in [0.717, 1.165) is 31.2 Å². The van der Waals surface area contributed by atoms with Crippen molar-refractivity contribution in [1.29, 1.82) is 0 Å². The SMILES string of the molecule is CCCC(=O)OC[C@H]1[C@H]2CC[C@H](C2)[C@H]1NC(=O)OCc1ccccc1. The highest BCUT2D eigenvalue weighted by Gasteiger charge is 2.48. The van der Waals surface area contributed by atoms with Crippen molar-refractivity contribution < 1.29 is 19.1 Å². The molecule has 2 aliphatic carbocycles. The van der Waals surface area contributed by atoms with Crippen molar-refractivity contribution in [3.05, 3.63) is 35.9 Å². The molecule has 0 aliphatic heterocycles. The lowest BCUT2D eigenvalue weighted by Crippen LogP contribution is -2.45. The highest BCUT2D eigenvalue weighted by molar-refractivity contribution is 5.69. The van der Waals surface area contributed by atoms with Gasteiger partial charge in [-0.15, -0.1) is 0 Å². The van der Waals surface area contributed by atoms with Crippen LogP contribution in [0.3, 0.4) is 0 Å². The lowest BCUT2D eigenvalue weighted by atomic mass is 9.85. The van der Waals surface area contributed by atoms with Crippen LogP contribution in [0, 0.1) is 17.8 Å². The summed E-state index contributed by atoms with van der Waals surface area (Å²) in [6.45, 7) is 2.64. The highest BCUT2D eigenvalue weighted by Crippen LogP contribution is 2.48. The van der Waals surface area contributed by atoms with Crippen molar-refractivity contribution in [1.82, 2.24) is 5.32 Å². The summed E-state index contributed by atoms with van der Waals surface area (Å²) in [5, 5.41) is 3.03. The van der Waals surface area contributed by atoms with E-state index in [0.29, 0.717) is 24.9 Å². The van der Waals surface area contributed by atoms with Gasteiger partial charge in [-0.1, -0.05) is 37.3 Å². The molecule has 2 aliphatic rings. The Labute approximate surface area is 149 Å². The minimum atomic E-state index is -0.383. The average molecular weight is 345 g/mol. The van der Waals surface area contributed by atoms with E-state index < -0.39 is 0 Å². The number of amides is 1. The standard InChI is InChI=1S/C20H27NO4/c1-2-6-18(22)24-13-17-15-9-10-16(11-15)19(17)21-20(23)25-12-14-7-4-3-5-8-14/h3-5,7-8,15-17,19H,2,6,9-13H2,1H3,(H,21,23)/t15-,16+,17-,19+/m0/s1. The molecule has 1 aromatic rings. The minimum absolute atomic E-state index is 0.0523. The number of esters is 1. The fourth-order valence-electron chi connectivity index (χ4n) is 4.24. The van der Waals surface area contributed by atoms with Gasteiger partial charge in [-0.05, 0) is 43.1 Å². The molecular formula is C20H27NO4. The molecule has 25 heavy (non-hydrogen) atoms.